The molecule has 1 fully saturated rings. The van der Waals surface area contributed by atoms with Crippen LogP contribution in [0.2, 0.25) is 0 Å². The Morgan fingerprint density at radius 2 is 1.87 bits per heavy atom. The van der Waals surface area contributed by atoms with Crippen LogP contribution in [0.25, 0.3) is 0 Å². The number of ketones is 1. The summed E-state index contributed by atoms with van der Waals surface area (Å²) >= 11 is 0. The van der Waals surface area contributed by atoms with Crippen molar-refractivity contribution in [1.29, 1.82) is 0 Å². The van der Waals surface area contributed by atoms with Gasteiger partial charge in [-0.05, 0) is 56.0 Å². The van der Waals surface area contributed by atoms with Crippen LogP contribution >= 0.6 is 0 Å². The van der Waals surface area contributed by atoms with Crippen LogP contribution in [0.15, 0.2) is 64.3 Å². The molecule has 0 aliphatic heterocycles. The van der Waals surface area contributed by atoms with Gasteiger partial charge in [0, 0.05) is 22.5 Å². The lowest BCUT2D eigenvalue weighted by Crippen LogP contribution is -2.31. The Morgan fingerprint density at radius 1 is 1.17 bits per heavy atom. The number of rotatable bonds is 3. The molecule has 2 heteroatoms. The Hall–Kier alpha value is -2.09. The fraction of sp³-hybridized carbons (Fsp3) is 0.381. The third-order valence-electron chi connectivity index (χ3n) is 5.93. The van der Waals surface area contributed by atoms with Crippen molar-refractivity contribution in [3.63, 3.8) is 0 Å². The van der Waals surface area contributed by atoms with Gasteiger partial charge < -0.3 is 4.74 Å². The number of para-hydroxylation sites is 1. The summed E-state index contributed by atoms with van der Waals surface area (Å²) in [5.74, 6) is 1.31. The van der Waals surface area contributed by atoms with Crippen molar-refractivity contribution in [3.8, 4) is 5.75 Å². The molecule has 1 atom stereocenters. The number of Topliss-reactive ketones (excluding diaryl/α,β-unsaturated/α-hetero) is 1. The van der Waals surface area contributed by atoms with Crippen LogP contribution in [0.3, 0.4) is 0 Å². The molecule has 0 N–H and O–H groups in total. The first kappa shape index (κ1) is 14.5. The first-order valence-corrected chi connectivity index (χ1v) is 8.40. The van der Waals surface area contributed by atoms with Gasteiger partial charge in [-0.2, -0.15) is 0 Å². The summed E-state index contributed by atoms with van der Waals surface area (Å²) in [5.41, 5.74) is 5.98. The summed E-state index contributed by atoms with van der Waals surface area (Å²) in [4.78, 5) is 12.8. The van der Waals surface area contributed by atoms with E-state index in [0.717, 1.165) is 24.2 Å². The molecule has 1 spiro atoms. The molecule has 0 heterocycles. The molecule has 0 unspecified atom stereocenters. The Labute approximate surface area is 137 Å². The van der Waals surface area contributed by atoms with Gasteiger partial charge in [-0.15, -0.1) is 0 Å². The number of ether oxygens (including phenoxy) is 1. The fourth-order valence-corrected chi connectivity index (χ4v) is 4.22. The monoisotopic (exact) mass is 306 g/mol. The largest absolute Gasteiger partial charge is 0.489 e. The molecule has 4 rings (SSSR count). The van der Waals surface area contributed by atoms with Gasteiger partial charge in [-0.1, -0.05) is 30.7 Å². The standard InChI is InChI=1S/C21H22O2/c1-13-11-17-19(14(2)21(9-10-21)15(3)20(17)22)18(13)12-23-16-7-5-4-6-8-16/h4-8,11,15H,9-10,12H2,1-3H3/t15-/m1/s1. The quantitative estimate of drug-likeness (QED) is 0.813. The van der Waals surface area contributed by atoms with Crippen LogP contribution in [0.4, 0.5) is 0 Å². The van der Waals surface area contributed by atoms with Gasteiger partial charge in [-0.3, -0.25) is 4.79 Å². The summed E-state index contributed by atoms with van der Waals surface area (Å²) < 4.78 is 5.97. The predicted molar refractivity (Wildman–Crippen MR) is 91.3 cm³/mol. The average molecular weight is 306 g/mol. The van der Waals surface area contributed by atoms with E-state index in [2.05, 4.69) is 26.8 Å². The van der Waals surface area contributed by atoms with Crippen molar-refractivity contribution in [2.75, 3.05) is 6.61 Å². The van der Waals surface area contributed by atoms with Gasteiger partial charge in [0.25, 0.3) is 0 Å². The highest BCUT2D eigenvalue weighted by molar-refractivity contribution is 6.07. The molecule has 1 aromatic rings. The second-order valence-corrected chi connectivity index (χ2v) is 7.06. The minimum Gasteiger partial charge on any atom is -0.489 e. The second kappa shape index (κ2) is 4.95. The van der Waals surface area contributed by atoms with Crippen LogP contribution in [0.5, 0.6) is 5.75 Å². The smallest absolute Gasteiger partial charge is 0.167 e. The number of carbonyl (C=O) groups excluding carboxylic acids is 1. The van der Waals surface area contributed by atoms with Crippen LogP contribution in [0.1, 0.15) is 33.6 Å². The van der Waals surface area contributed by atoms with E-state index in [4.69, 9.17) is 4.74 Å². The number of carbonyl (C=O) groups is 1. The third-order valence-corrected chi connectivity index (χ3v) is 5.93. The predicted octanol–water partition coefficient (Wildman–Crippen LogP) is 4.64. The Kier molecular flexibility index (Phi) is 3.12. The molecule has 0 aromatic heterocycles. The van der Waals surface area contributed by atoms with Crippen LogP contribution < -0.4 is 4.74 Å². The van der Waals surface area contributed by atoms with E-state index in [1.54, 1.807) is 0 Å². The first-order chi connectivity index (χ1) is 11.0. The molecule has 0 amide bonds. The molecule has 0 radical (unpaired) electrons. The molecule has 1 saturated carbocycles. The summed E-state index contributed by atoms with van der Waals surface area (Å²) in [6.07, 6.45) is 4.36. The Bertz CT molecular complexity index is 773. The van der Waals surface area contributed by atoms with E-state index in [1.165, 1.54) is 22.3 Å². The highest BCUT2D eigenvalue weighted by Crippen LogP contribution is 2.63. The number of benzene rings is 1. The number of fused-ring (bicyclic) bond motifs is 1. The minimum atomic E-state index is 0.125. The minimum absolute atomic E-state index is 0.125. The molecule has 1 aromatic carbocycles. The number of hydrogen-bond donors (Lipinski definition) is 0. The van der Waals surface area contributed by atoms with Crippen molar-refractivity contribution < 1.29 is 9.53 Å². The van der Waals surface area contributed by atoms with Crippen LogP contribution in [0, 0.1) is 11.3 Å². The average Bonchev–Trinajstić information content (AvgIpc) is 3.30. The molecule has 118 valence electrons. The molecule has 2 nitrogen and oxygen atoms in total. The third kappa shape index (κ3) is 2.04. The molecule has 0 bridgehead atoms. The van der Waals surface area contributed by atoms with Crippen molar-refractivity contribution in [3.05, 3.63) is 64.3 Å². The summed E-state index contributed by atoms with van der Waals surface area (Å²) in [7, 11) is 0. The molecular formula is C21H22O2. The molecular weight excluding hydrogens is 284 g/mol. The lowest BCUT2D eigenvalue weighted by atomic mass is 9.70. The fourth-order valence-electron chi connectivity index (χ4n) is 4.22. The lowest BCUT2D eigenvalue weighted by Gasteiger charge is -2.32. The van der Waals surface area contributed by atoms with E-state index in [-0.39, 0.29) is 11.3 Å². The molecule has 0 saturated heterocycles. The van der Waals surface area contributed by atoms with E-state index >= 15 is 0 Å². The topological polar surface area (TPSA) is 26.3 Å². The molecule has 3 aliphatic rings. The zero-order valence-electron chi connectivity index (χ0n) is 14.0. The summed E-state index contributed by atoms with van der Waals surface area (Å²) in [6.45, 7) is 6.94. The first-order valence-electron chi connectivity index (χ1n) is 8.40. The molecule has 23 heavy (non-hydrogen) atoms. The SMILES string of the molecule is CC1=C(COc2ccccc2)C2=C(C)C3(CC3)[C@H](C)C(=O)C2=C1. The lowest BCUT2D eigenvalue weighted by molar-refractivity contribution is -0.120. The zero-order valence-corrected chi connectivity index (χ0v) is 14.0. The van der Waals surface area contributed by atoms with E-state index in [0.29, 0.717) is 12.4 Å². The van der Waals surface area contributed by atoms with Gasteiger partial charge >= 0.3 is 0 Å². The van der Waals surface area contributed by atoms with Gasteiger partial charge in [-0.25, -0.2) is 0 Å². The number of allylic oxidation sites excluding steroid dienone is 4. The highest BCUT2D eigenvalue weighted by atomic mass is 16.5. The van der Waals surface area contributed by atoms with Crippen molar-refractivity contribution >= 4 is 5.78 Å². The van der Waals surface area contributed by atoms with E-state index in [9.17, 15) is 4.79 Å². The van der Waals surface area contributed by atoms with E-state index in [1.807, 2.05) is 30.3 Å². The maximum absolute atomic E-state index is 12.8. The van der Waals surface area contributed by atoms with Crippen LogP contribution in [-0.2, 0) is 4.79 Å². The van der Waals surface area contributed by atoms with Gasteiger partial charge in [0.2, 0.25) is 0 Å². The van der Waals surface area contributed by atoms with Gasteiger partial charge in [0.05, 0.1) is 0 Å². The van der Waals surface area contributed by atoms with Gasteiger partial charge in [0.1, 0.15) is 12.4 Å². The Balaban J connectivity index is 1.68. The van der Waals surface area contributed by atoms with Crippen LogP contribution in [-0.4, -0.2) is 12.4 Å². The van der Waals surface area contributed by atoms with Crippen molar-refractivity contribution in [2.45, 2.75) is 33.6 Å². The van der Waals surface area contributed by atoms with E-state index < -0.39 is 0 Å². The van der Waals surface area contributed by atoms with Crippen molar-refractivity contribution in [2.24, 2.45) is 11.3 Å². The molecule has 3 aliphatic carbocycles. The Morgan fingerprint density at radius 3 is 2.52 bits per heavy atom. The zero-order chi connectivity index (χ0) is 16.2. The summed E-state index contributed by atoms with van der Waals surface area (Å²) in [6, 6.07) is 9.87. The van der Waals surface area contributed by atoms with Gasteiger partial charge in [0.15, 0.2) is 5.78 Å². The van der Waals surface area contributed by atoms with Crippen molar-refractivity contribution in [1.82, 2.24) is 0 Å². The number of hydrogen-bond acceptors (Lipinski definition) is 2. The normalized spacial score (nSPS) is 24.9. The maximum atomic E-state index is 12.8. The second-order valence-electron chi connectivity index (χ2n) is 7.06. The maximum Gasteiger partial charge on any atom is 0.167 e. The highest BCUT2D eigenvalue weighted by Gasteiger charge is 2.56. The summed E-state index contributed by atoms with van der Waals surface area (Å²) in [5, 5.41) is 0.